The molecule has 0 atom stereocenters. The van der Waals surface area contributed by atoms with Crippen molar-refractivity contribution in [2.75, 3.05) is 25.5 Å². The summed E-state index contributed by atoms with van der Waals surface area (Å²) >= 11 is 0. The van der Waals surface area contributed by atoms with Crippen LogP contribution in [0.1, 0.15) is 24.3 Å². The summed E-state index contributed by atoms with van der Waals surface area (Å²) in [5, 5.41) is 0. The van der Waals surface area contributed by atoms with Crippen molar-refractivity contribution in [1.82, 2.24) is 9.88 Å². The second-order valence-electron chi connectivity index (χ2n) is 4.77. The number of carbonyl (C=O) groups is 1. The van der Waals surface area contributed by atoms with E-state index in [9.17, 15) is 4.79 Å². The van der Waals surface area contributed by atoms with Crippen molar-refractivity contribution >= 4 is 11.7 Å². The molecule has 0 spiro atoms. The van der Waals surface area contributed by atoms with Crippen LogP contribution in [-0.4, -0.2) is 41.1 Å². The van der Waals surface area contributed by atoms with Crippen molar-refractivity contribution in [3.05, 3.63) is 23.9 Å². The third kappa shape index (κ3) is 2.39. The molecule has 1 aromatic rings. The summed E-state index contributed by atoms with van der Waals surface area (Å²) in [6, 6.07) is 5.09. The molecule has 0 saturated carbocycles. The predicted molar refractivity (Wildman–Crippen MR) is 64.6 cm³/mol. The summed E-state index contributed by atoms with van der Waals surface area (Å²) in [6.07, 6.45) is 0. The zero-order chi connectivity index (χ0) is 12.5. The molecular formula is C12H17N3O2. The first-order chi connectivity index (χ1) is 8.00. The van der Waals surface area contributed by atoms with E-state index in [4.69, 9.17) is 10.5 Å². The van der Waals surface area contributed by atoms with E-state index in [1.807, 2.05) is 13.8 Å². The second kappa shape index (κ2) is 4.33. The molecule has 0 aromatic carbocycles. The molecule has 1 amide bonds. The molecule has 1 aromatic heterocycles. The molecule has 1 saturated heterocycles. The number of rotatable bonds is 1. The number of hydrogen-bond donors (Lipinski definition) is 1. The standard InChI is InChI=1S/C12H17N3O2/c1-12(2)8-17-7-6-15(12)11(16)9-4-3-5-10(13)14-9/h3-5H,6-8H2,1-2H3,(H2,13,14). The van der Waals surface area contributed by atoms with Crippen molar-refractivity contribution < 1.29 is 9.53 Å². The van der Waals surface area contributed by atoms with E-state index in [0.29, 0.717) is 31.3 Å². The van der Waals surface area contributed by atoms with Gasteiger partial charge in [-0.15, -0.1) is 0 Å². The summed E-state index contributed by atoms with van der Waals surface area (Å²) < 4.78 is 5.39. The highest BCUT2D eigenvalue weighted by Gasteiger charge is 2.35. The van der Waals surface area contributed by atoms with Crippen molar-refractivity contribution in [3.8, 4) is 0 Å². The summed E-state index contributed by atoms with van der Waals surface area (Å²) in [4.78, 5) is 18.2. The van der Waals surface area contributed by atoms with Crippen LogP contribution in [0.5, 0.6) is 0 Å². The molecule has 5 heteroatoms. The van der Waals surface area contributed by atoms with Gasteiger partial charge < -0.3 is 15.4 Å². The van der Waals surface area contributed by atoms with Crippen LogP contribution in [0.25, 0.3) is 0 Å². The van der Waals surface area contributed by atoms with Gasteiger partial charge in [-0.2, -0.15) is 0 Å². The Balaban J connectivity index is 2.25. The van der Waals surface area contributed by atoms with E-state index >= 15 is 0 Å². The summed E-state index contributed by atoms with van der Waals surface area (Å²) in [5.41, 5.74) is 5.67. The molecule has 2 heterocycles. The van der Waals surface area contributed by atoms with Gasteiger partial charge in [-0.25, -0.2) is 4.98 Å². The summed E-state index contributed by atoms with van der Waals surface area (Å²) in [7, 11) is 0. The number of aromatic nitrogens is 1. The number of carbonyl (C=O) groups excluding carboxylic acids is 1. The molecule has 1 fully saturated rings. The first-order valence-electron chi connectivity index (χ1n) is 5.63. The lowest BCUT2D eigenvalue weighted by atomic mass is 10.0. The van der Waals surface area contributed by atoms with Crippen LogP contribution in [0, 0.1) is 0 Å². The Labute approximate surface area is 101 Å². The van der Waals surface area contributed by atoms with Crippen LogP contribution in [0.2, 0.25) is 0 Å². The SMILES string of the molecule is CC1(C)COCCN1C(=O)c1cccc(N)n1. The lowest BCUT2D eigenvalue weighted by Gasteiger charge is -2.41. The number of nitrogens with two attached hydrogens (primary N) is 1. The molecule has 0 radical (unpaired) electrons. The fourth-order valence-corrected chi connectivity index (χ4v) is 1.94. The Morgan fingerprint density at radius 1 is 1.53 bits per heavy atom. The van der Waals surface area contributed by atoms with Crippen LogP contribution >= 0.6 is 0 Å². The number of anilines is 1. The first-order valence-corrected chi connectivity index (χ1v) is 5.63. The molecule has 0 bridgehead atoms. The number of amides is 1. The third-order valence-corrected chi connectivity index (χ3v) is 2.88. The Hall–Kier alpha value is -1.62. The van der Waals surface area contributed by atoms with Crippen LogP contribution in [0.15, 0.2) is 18.2 Å². The molecule has 1 aliphatic heterocycles. The summed E-state index contributed by atoms with van der Waals surface area (Å²) in [5.74, 6) is 0.271. The van der Waals surface area contributed by atoms with E-state index in [-0.39, 0.29) is 11.4 Å². The minimum absolute atomic E-state index is 0.0920. The van der Waals surface area contributed by atoms with Gasteiger partial charge in [0.05, 0.1) is 18.8 Å². The van der Waals surface area contributed by atoms with Gasteiger partial charge >= 0.3 is 0 Å². The highest BCUT2D eigenvalue weighted by molar-refractivity contribution is 5.93. The smallest absolute Gasteiger partial charge is 0.273 e. The van der Waals surface area contributed by atoms with Gasteiger partial charge in [-0.05, 0) is 26.0 Å². The van der Waals surface area contributed by atoms with Gasteiger partial charge in [-0.3, -0.25) is 4.79 Å². The number of nitrogen functional groups attached to an aromatic ring is 1. The quantitative estimate of drug-likeness (QED) is 0.785. The number of ether oxygens (including phenoxy) is 1. The second-order valence-corrected chi connectivity index (χ2v) is 4.77. The van der Waals surface area contributed by atoms with Gasteiger partial charge in [0.25, 0.3) is 5.91 Å². The molecule has 17 heavy (non-hydrogen) atoms. The van der Waals surface area contributed by atoms with E-state index < -0.39 is 0 Å². The highest BCUT2D eigenvalue weighted by Crippen LogP contribution is 2.21. The van der Waals surface area contributed by atoms with Gasteiger partial charge in [0.15, 0.2) is 0 Å². The van der Waals surface area contributed by atoms with E-state index in [1.165, 1.54) is 0 Å². The molecule has 5 nitrogen and oxygen atoms in total. The summed E-state index contributed by atoms with van der Waals surface area (Å²) in [6.45, 7) is 5.66. The molecule has 2 N–H and O–H groups in total. The minimum Gasteiger partial charge on any atom is -0.384 e. The van der Waals surface area contributed by atoms with Crippen molar-refractivity contribution in [2.24, 2.45) is 0 Å². The van der Waals surface area contributed by atoms with Gasteiger partial charge in [0.1, 0.15) is 11.5 Å². The normalized spacial score (nSPS) is 19.1. The maximum atomic E-state index is 12.3. The van der Waals surface area contributed by atoms with E-state index in [1.54, 1.807) is 23.1 Å². The van der Waals surface area contributed by atoms with Gasteiger partial charge in [0.2, 0.25) is 0 Å². The Morgan fingerprint density at radius 3 is 2.94 bits per heavy atom. The first kappa shape index (κ1) is 11.9. The zero-order valence-corrected chi connectivity index (χ0v) is 10.1. The van der Waals surface area contributed by atoms with Gasteiger partial charge in [0, 0.05) is 6.54 Å². The number of nitrogens with zero attached hydrogens (tertiary/aromatic N) is 2. The van der Waals surface area contributed by atoms with Gasteiger partial charge in [-0.1, -0.05) is 6.07 Å². The fourth-order valence-electron chi connectivity index (χ4n) is 1.94. The average Bonchev–Trinajstić information content (AvgIpc) is 2.27. The van der Waals surface area contributed by atoms with Crippen LogP contribution < -0.4 is 5.73 Å². The molecule has 0 unspecified atom stereocenters. The van der Waals surface area contributed by atoms with Crippen molar-refractivity contribution in [3.63, 3.8) is 0 Å². The molecule has 2 rings (SSSR count). The maximum absolute atomic E-state index is 12.3. The number of morpholine rings is 1. The number of pyridine rings is 1. The Kier molecular flexibility index (Phi) is 3.02. The maximum Gasteiger partial charge on any atom is 0.273 e. The monoisotopic (exact) mass is 235 g/mol. The topological polar surface area (TPSA) is 68.5 Å². The fraction of sp³-hybridized carbons (Fsp3) is 0.500. The lowest BCUT2D eigenvalue weighted by Crippen LogP contribution is -2.55. The lowest BCUT2D eigenvalue weighted by molar-refractivity contribution is -0.0373. The van der Waals surface area contributed by atoms with Crippen LogP contribution in [0.4, 0.5) is 5.82 Å². The van der Waals surface area contributed by atoms with E-state index in [2.05, 4.69) is 4.98 Å². The van der Waals surface area contributed by atoms with E-state index in [0.717, 1.165) is 0 Å². The van der Waals surface area contributed by atoms with Crippen LogP contribution in [0.3, 0.4) is 0 Å². The largest absolute Gasteiger partial charge is 0.384 e. The predicted octanol–water partition coefficient (Wildman–Crippen LogP) is 0.915. The molecule has 0 aliphatic carbocycles. The molecular weight excluding hydrogens is 218 g/mol. The Bertz CT molecular complexity index is 432. The minimum atomic E-state index is -0.304. The highest BCUT2D eigenvalue weighted by atomic mass is 16.5. The molecule has 92 valence electrons. The zero-order valence-electron chi connectivity index (χ0n) is 10.1. The molecule has 1 aliphatic rings. The van der Waals surface area contributed by atoms with Crippen LogP contribution in [-0.2, 0) is 4.74 Å². The Morgan fingerprint density at radius 2 is 2.29 bits per heavy atom. The van der Waals surface area contributed by atoms with Crippen molar-refractivity contribution in [2.45, 2.75) is 19.4 Å². The number of hydrogen-bond acceptors (Lipinski definition) is 4. The third-order valence-electron chi connectivity index (χ3n) is 2.88. The average molecular weight is 235 g/mol. The van der Waals surface area contributed by atoms with Crippen molar-refractivity contribution in [1.29, 1.82) is 0 Å².